The third kappa shape index (κ3) is 2.88. The Bertz CT molecular complexity index is 496. The SMILES string of the molecule is CCCC1(O)CN(C(=O)c2ccc(OCC)c(N)c2)C1. The Morgan fingerprint density at radius 2 is 2.15 bits per heavy atom. The van der Waals surface area contributed by atoms with Crippen LogP contribution in [0.2, 0.25) is 0 Å². The first-order valence-corrected chi connectivity index (χ1v) is 7.03. The van der Waals surface area contributed by atoms with Crippen LogP contribution in [0.1, 0.15) is 37.0 Å². The number of hydrogen-bond donors (Lipinski definition) is 2. The number of carbonyl (C=O) groups is 1. The third-order valence-corrected chi connectivity index (χ3v) is 3.53. The monoisotopic (exact) mass is 278 g/mol. The Balaban J connectivity index is 2.02. The molecule has 1 aliphatic rings. The van der Waals surface area contributed by atoms with Crippen LogP contribution in [-0.4, -0.2) is 41.2 Å². The molecule has 5 heteroatoms. The van der Waals surface area contributed by atoms with E-state index in [4.69, 9.17) is 10.5 Å². The highest BCUT2D eigenvalue weighted by atomic mass is 16.5. The van der Waals surface area contributed by atoms with Crippen molar-refractivity contribution >= 4 is 11.6 Å². The number of nitrogen functional groups attached to an aromatic ring is 1. The van der Waals surface area contributed by atoms with Gasteiger partial charge in [0.25, 0.3) is 5.91 Å². The van der Waals surface area contributed by atoms with E-state index < -0.39 is 5.60 Å². The molecule has 3 N–H and O–H groups in total. The van der Waals surface area contributed by atoms with Gasteiger partial charge < -0.3 is 20.5 Å². The molecule has 0 spiro atoms. The van der Waals surface area contributed by atoms with Crippen molar-refractivity contribution in [1.82, 2.24) is 4.90 Å². The van der Waals surface area contributed by atoms with Crippen LogP contribution in [0.3, 0.4) is 0 Å². The first-order chi connectivity index (χ1) is 9.49. The van der Waals surface area contributed by atoms with Gasteiger partial charge in [-0.25, -0.2) is 0 Å². The van der Waals surface area contributed by atoms with E-state index in [0.717, 1.165) is 12.8 Å². The summed E-state index contributed by atoms with van der Waals surface area (Å²) in [5, 5.41) is 10.1. The van der Waals surface area contributed by atoms with Crippen LogP contribution in [0, 0.1) is 0 Å². The molecular weight excluding hydrogens is 256 g/mol. The molecule has 1 saturated heterocycles. The summed E-state index contributed by atoms with van der Waals surface area (Å²) in [4.78, 5) is 13.9. The van der Waals surface area contributed by atoms with Crippen molar-refractivity contribution in [3.63, 3.8) is 0 Å². The van der Waals surface area contributed by atoms with E-state index in [1.807, 2.05) is 13.8 Å². The fourth-order valence-corrected chi connectivity index (χ4v) is 2.58. The second kappa shape index (κ2) is 5.71. The Labute approximate surface area is 119 Å². The van der Waals surface area contributed by atoms with Crippen LogP contribution in [0.15, 0.2) is 18.2 Å². The summed E-state index contributed by atoms with van der Waals surface area (Å²) in [5.74, 6) is 0.496. The van der Waals surface area contributed by atoms with E-state index in [1.165, 1.54) is 0 Å². The lowest BCUT2D eigenvalue weighted by Gasteiger charge is -2.46. The molecule has 1 amide bonds. The number of nitrogens with two attached hydrogens (primary N) is 1. The van der Waals surface area contributed by atoms with Gasteiger partial charge in [-0.15, -0.1) is 0 Å². The largest absolute Gasteiger partial charge is 0.492 e. The normalized spacial score (nSPS) is 16.6. The Morgan fingerprint density at radius 1 is 1.45 bits per heavy atom. The minimum Gasteiger partial charge on any atom is -0.492 e. The molecule has 0 unspecified atom stereocenters. The molecule has 1 aromatic rings. The standard InChI is InChI=1S/C15H22N2O3/c1-3-7-15(19)9-17(10-15)14(18)11-5-6-13(20-4-2)12(16)8-11/h5-6,8,19H,3-4,7,9-10,16H2,1-2H3. The van der Waals surface area contributed by atoms with Gasteiger partial charge in [0, 0.05) is 5.56 Å². The van der Waals surface area contributed by atoms with Gasteiger partial charge in [-0.2, -0.15) is 0 Å². The Morgan fingerprint density at radius 3 is 2.70 bits per heavy atom. The lowest BCUT2D eigenvalue weighted by atomic mass is 9.88. The minimum absolute atomic E-state index is 0.0967. The van der Waals surface area contributed by atoms with Gasteiger partial charge in [-0.1, -0.05) is 13.3 Å². The van der Waals surface area contributed by atoms with Gasteiger partial charge in [0.2, 0.25) is 0 Å². The minimum atomic E-state index is -0.707. The number of amides is 1. The molecule has 5 nitrogen and oxygen atoms in total. The Kier molecular flexibility index (Phi) is 4.18. The highest BCUT2D eigenvalue weighted by molar-refractivity contribution is 5.96. The van der Waals surface area contributed by atoms with Crippen LogP contribution in [0.25, 0.3) is 0 Å². The first-order valence-electron chi connectivity index (χ1n) is 7.03. The van der Waals surface area contributed by atoms with Crippen molar-refractivity contribution in [2.24, 2.45) is 0 Å². The zero-order valence-electron chi connectivity index (χ0n) is 12.1. The van der Waals surface area contributed by atoms with Crippen LogP contribution in [0.5, 0.6) is 5.75 Å². The predicted molar refractivity (Wildman–Crippen MR) is 77.8 cm³/mol. The van der Waals surface area contributed by atoms with Gasteiger partial charge in [0.05, 0.1) is 31.0 Å². The Hall–Kier alpha value is -1.75. The molecule has 0 radical (unpaired) electrons. The van der Waals surface area contributed by atoms with E-state index in [-0.39, 0.29) is 5.91 Å². The average molecular weight is 278 g/mol. The molecule has 0 bridgehead atoms. The molecule has 1 fully saturated rings. The van der Waals surface area contributed by atoms with Gasteiger partial charge in [0.1, 0.15) is 5.75 Å². The molecule has 1 aromatic carbocycles. The van der Waals surface area contributed by atoms with E-state index >= 15 is 0 Å². The second-order valence-electron chi connectivity index (χ2n) is 5.32. The summed E-state index contributed by atoms with van der Waals surface area (Å²) in [6, 6.07) is 5.05. The number of ether oxygens (including phenoxy) is 1. The summed E-state index contributed by atoms with van der Waals surface area (Å²) < 4.78 is 5.35. The lowest BCUT2D eigenvalue weighted by Crippen LogP contribution is -2.63. The fraction of sp³-hybridized carbons (Fsp3) is 0.533. The van der Waals surface area contributed by atoms with Crippen LogP contribution in [0.4, 0.5) is 5.69 Å². The average Bonchev–Trinajstić information content (AvgIpc) is 2.38. The number of nitrogens with zero attached hydrogens (tertiary/aromatic N) is 1. The maximum Gasteiger partial charge on any atom is 0.254 e. The van der Waals surface area contributed by atoms with Crippen molar-refractivity contribution < 1.29 is 14.6 Å². The number of anilines is 1. The van der Waals surface area contributed by atoms with E-state index in [9.17, 15) is 9.90 Å². The number of likely N-dealkylation sites (tertiary alicyclic amines) is 1. The second-order valence-corrected chi connectivity index (χ2v) is 5.32. The van der Waals surface area contributed by atoms with Crippen molar-refractivity contribution in [3.05, 3.63) is 23.8 Å². The summed E-state index contributed by atoms with van der Waals surface area (Å²) in [6.45, 7) is 5.23. The molecule has 110 valence electrons. The molecule has 0 aromatic heterocycles. The highest BCUT2D eigenvalue weighted by Gasteiger charge is 2.42. The fourth-order valence-electron chi connectivity index (χ4n) is 2.58. The molecule has 20 heavy (non-hydrogen) atoms. The van der Waals surface area contributed by atoms with Gasteiger partial charge in [0.15, 0.2) is 0 Å². The topological polar surface area (TPSA) is 75.8 Å². The first kappa shape index (κ1) is 14.7. The van der Waals surface area contributed by atoms with Crippen LogP contribution >= 0.6 is 0 Å². The molecule has 1 heterocycles. The highest BCUT2D eigenvalue weighted by Crippen LogP contribution is 2.29. The van der Waals surface area contributed by atoms with E-state index in [0.29, 0.717) is 36.7 Å². The molecule has 1 aliphatic heterocycles. The van der Waals surface area contributed by atoms with Crippen molar-refractivity contribution in [1.29, 1.82) is 0 Å². The smallest absolute Gasteiger partial charge is 0.254 e. The van der Waals surface area contributed by atoms with Crippen molar-refractivity contribution in [3.8, 4) is 5.75 Å². The van der Waals surface area contributed by atoms with E-state index in [2.05, 4.69) is 0 Å². The van der Waals surface area contributed by atoms with Gasteiger partial charge >= 0.3 is 0 Å². The zero-order chi connectivity index (χ0) is 14.8. The number of carbonyl (C=O) groups excluding carboxylic acids is 1. The molecule has 0 saturated carbocycles. The van der Waals surface area contributed by atoms with Gasteiger partial charge in [-0.05, 0) is 31.5 Å². The predicted octanol–water partition coefficient (Wildman–Crippen LogP) is 1.65. The molecule has 2 rings (SSSR count). The molecule has 0 aliphatic carbocycles. The van der Waals surface area contributed by atoms with Crippen molar-refractivity contribution in [2.45, 2.75) is 32.3 Å². The van der Waals surface area contributed by atoms with Crippen LogP contribution in [-0.2, 0) is 0 Å². The van der Waals surface area contributed by atoms with Crippen LogP contribution < -0.4 is 10.5 Å². The quantitative estimate of drug-likeness (QED) is 0.803. The number of aliphatic hydroxyl groups is 1. The summed E-state index contributed by atoms with van der Waals surface area (Å²) in [6.07, 6.45) is 1.64. The number of hydrogen-bond acceptors (Lipinski definition) is 4. The van der Waals surface area contributed by atoms with Gasteiger partial charge in [-0.3, -0.25) is 4.79 Å². The third-order valence-electron chi connectivity index (χ3n) is 3.53. The van der Waals surface area contributed by atoms with Crippen molar-refractivity contribution in [2.75, 3.05) is 25.4 Å². The maximum absolute atomic E-state index is 12.3. The number of β-amino-alcohol motifs (C(OH)–C–C–N with tert-alkyl or cyclic N) is 1. The molecule has 0 atom stereocenters. The lowest BCUT2D eigenvalue weighted by molar-refractivity contribution is -0.0860. The maximum atomic E-state index is 12.3. The molecular formula is C15H22N2O3. The number of rotatable bonds is 5. The summed E-state index contributed by atoms with van der Waals surface area (Å²) >= 11 is 0. The summed E-state index contributed by atoms with van der Waals surface area (Å²) in [5.41, 5.74) is 6.15. The van der Waals surface area contributed by atoms with E-state index in [1.54, 1.807) is 23.1 Å². The number of benzene rings is 1. The zero-order valence-corrected chi connectivity index (χ0v) is 12.1. The summed E-state index contributed by atoms with van der Waals surface area (Å²) in [7, 11) is 0.